The molecule has 0 fully saturated rings. The van der Waals surface area contributed by atoms with Crippen LogP contribution in [0.5, 0.6) is 0 Å². The maximum absolute atomic E-state index is 13.4. The number of aromatic nitrogens is 1. The number of aliphatic hydroxyl groups excluding tert-OH is 1. The molecule has 1 aromatic heterocycles. The average molecular weight is 346 g/mol. The zero-order valence-electron chi connectivity index (χ0n) is 13.9. The Kier molecular flexibility index (Phi) is 4.81. The van der Waals surface area contributed by atoms with Crippen molar-refractivity contribution in [3.05, 3.63) is 47.7 Å². The normalized spacial score (nSPS) is 17.8. The standard InChI is InChI=1S/C19H20F2N2O2/c1-12(24)10-23-18(25)15-9-14-3-2-4-16(17(14)22-11-15)13-5-7-19(20,21)8-6-13/h2-5,9,11-12,24H,6-8,10H2,1H3,(H,23,25)/t12-/m0/s1. The lowest BCUT2D eigenvalue weighted by Crippen LogP contribution is -2.30. The van der Waals surface area contributed by atoms with Gasteiger partial charge in [0, 0.05) is 36.5 Å². The number of carbonyl (C=O) groups is 1. The van der Waals surface area contributed by atoms with Crippen LogP contribution in [-0.4, -0.2) is 34.6 Å². The molecule has 4 nitrogen and oxygen atoms in total. The summed E-state index contributed by atoms with van der Waals surface area (Å²) in [6.45, 7) is 1.75. The summed E-state index contributed by atoms with van der Waals surface area (Å²) >= 11 is 0. The van der Waals surface area contributed by atoms with Crippen LogP contribution in [0.4, 0.5) is 8.78 Å². The largest absolute Gasteiger partial charge is 0.392 e. The first-order valence-electron chi connectivity index (χ1n) is 8.28. The Morgan fingerprint density at radius 1 is 1.44 bits per heavy atom. The van der Waals surface area contributed by atoms with Crippen LogP contribution in [0.25, 0.3) is 16.5 Å². The smallest absolute Gasteiger partial charge is 0.252 e. The number of hydrogen-bond donors (Lipinski definition) is 2. The monoisotopic (exact) mass is 346 g/mol. The SMILES string of the molecule is C[C@H](O)CNC(=O)c1cnc2c(C3=CCC(F)(F)CC3)cccc2c1. The number of nitrogens with zero attached hydrogens (tertiary/aromatic N) is 1. The van der Waals surface area contributed by atoms with E-state index in [0.717, 1.165) is 16.5 Å². The highest BCUT2D eigenvalue weighted by molar-refractivity contribution is 5.99. The molecule has 25 heavy (non-hydrogen) atoms. The van der Waals surface area contributed by atoms with Gasteiger partial charge in [-0.25, -0.2) is 8.78 Å². The zero-order chi connectivity index (χ0) is 18.0. The quantitative estimate of drug-likeness (QED) is 0.890. The number of amides is 1. The third kappa shape index (κ3) is 4.02. The number of allylic oxidation sites excluding steroid dienone is 2. The molecule has 1 aliphatic carbocycles. The third-order valence-corrected chi connectivity index (χ3v) is 4.28. The summed E-state index contributed by atoms with van der Waals surface area (Å²) in [6.07, 6.45) is 2.34. The molecule has 2 aromatic rings. The van der Waals surface area contributed by atoms with Crippen molar-refractivity contribution < 1.29 is 18.7 Å². The number of aliphatic hydroxyl groups is 1. The van der Waals surface area contributed by atoms with E-state index in [-0.39, 0.29) is 25.3 Å². The second kappa shape index (κ2) is 6.88. The molecule has 0 aliphatic heterocycles. The van der Waals surface area contributed by atoms with E-state index in [1.165, 1.54) is 6.20 Å². The van der Waals surface area contributed by atoms with E-state index in [2.05, 4.69) is 10.3 Å². The second-order valence-electron chi connectivity index (χ2n) is 6.45. The fourth-order valence-electron chi connectivity index (χ4n) is 2.93. The Morgan fingerprint density at radius 3 is 2.92 bits per heavy atom. The summed E-state index contributed by atoms with van der Waals surface area (Å²) in [7, 11) is 0. The number of hydrogen-bond acceptors (Lipinski definition) is 3. The number of para-hydroxylation sites is 1. The van der Waals surface area contributed by atoms with Crippen LogP contribution in [0.1, 0.15) is 42.1 Å². The summed E-state index contributed by atoms with van der Waals surface area (Å²) in [5, 5.41) is 12.7. The van der Waals surface area contributed by atoms with Crippen molar-refractivity contribution >= 4 is 22.4 Å². The molecule has 0 spiro atoms. The maximum Gasteiger partial charge on any atom is 0.252 e. The highest BCUT2D eigenvalue weighted by Gasteiger charge is 2.31. The van der Waals surface area contributed by atoms with Crippen LogP contribution in [0.3, 0.4) is 0 Å². The molecule has 1 heterocycles. The maximum atomic E-state index is 13.4. The molecule has 0 saturated heterocycles. The van der Waals surface area contributed by atoms with Gasteiger partial charge in [0.05, 0.1) is 17.2 Å². The zero-order valence-corrected chi connectivity index (χ0v) is 13.9. The molecule has 3 rings (SSSR count). The van der Waals surface area contributed by atoms with Gasteiger partial charge in [0.25, 0.3) is 11.8 Å². The van der Waals surface area contributed by atoms with Crippen molar-refractivity contribution in [2.75, 3.05) is 6.54 Å². The highest BCUT2D eigenvalue weighted by Crippen LogP contribution is 2.37. The Balaban J connectivity index is 1.90. The highest BCUT2D eigenvalue weighted by atomic mass is 19.3. The molecule has 1 atom stereocenters. The van der Waals surface area contributed by atoms with Crippen LogP contribution >= 0.6 is 0 Å². The molecule has 0 saturated carbocycles. The Labute approximate surface area is 144 Å². The van der Waals surface area contributed by atoms with E-state index in [1.807, 2.05) is 18.2 Å². The summed E-state index contributed by atoms with van der Waals surface area (Å²) in [6, 6.07) is 7.28. The lowest BCUT2D eigenvalue weighted by atomic mass is 9.90. The predicted molar refractivity (Wildman–Crippen MR) is 92.5 cm³/mol. The van der Waals surface area contributed by atoms with Crippen LogP contribution in [0.15, 0.2) is 36.5 Å². The van der Waals surface area contributed by atoms with E-state index in [0.29, 0.717) is 17.5 Å². The van der Waals surface area contributed by atoms with Crippen LogP contribution in [0, 0.1) is 0 Å². The number of halogens is 2. The van der Waals surface area contributed by atoms with Gasteiger partial charge in [0.2, 0.25) is 0 Å². The van der Waals surface area contributed by atoms with Crippen molar-refractivity contribution in [3.63, 3.8) is 0 Å². The molecular weight excluding hydrogens is 326 g/mol. The lowest BCUT2D eigenvalue weighted by Gasteiger charge is -2.22. The summed E-state index contributed by atoms with van der Waals surface area (Å²) in [4.78, 5) is 16.5. The molecule has 6 heteroatoms. The molecule has 132 valence electrons. The first-order chi connectivity index (χ1) is 11.9. The second-order valence-corrected chi connectivity index (χ2v) is 6.45. The number of rotatable bonds is 4. The number of alkyl halides is 2. The number of pyridine rings is 1. The van der Waals surface area contributed by atoms with Crippen molar-refractivity contribution in [2.45, 2.75) is 38.2 Å². The molecule has 0 radical (unpaired) electrons. The van der Waals surface area contributed by atoms with Crippen molar-refractivity contribution in [1.82, 2.24) is 10.3 Å². The lowest BCUT2D eigenvalue weighted by molar-refractivity contribution is -0.00602. The van der Waals surface area contributed by atoms with Gasteiger partial charge in [-0.1, -0.05) is 24.3 Å². The van der Waals surface area contributed by atoms with Gasteiger partial charge in [-0.05, 0) is 25.0 Å². The van der Waals surface area contributed by atoms with Crippen molar-refractivity contribution in [2.24, 2.45) is 0 Å². The number of carbonyl (C=O) groups excluding carboxylic acids is 1. The minimum Gasteiger partial charge on any atom is -0.392 e. The van der Waals surface area contributed by atoms with Crippen LogP contribution in [0.2, 0.25) is 0 Å². The van der Waals surface area contributed by atoms with E-state index < -0.39 is 12.0 Å². The van der Waals surface area contributed by atoms with Gasteiger partial charge in [-0.15, -0.1) is 0 Å². The first-order valence-corrected chi connectivity index (χ1v) is 8.28. The molecule has 2 N–H and O–H groups in total. The van der Waals surface area contributed by atoms with Gasteiger partial charge in [0.15, 0.2) is 0 Å². The fraction of sp³-hybridized carbons (Fsp3) is 0.368. The molecule has 0 bridgehead atoms. The summed E-state index contributed by atoms with van der Waals surface area (Å²) in [5.74, 6) is -2.94. The minimum absolute atomic E-state index is 0.158. The van der Waals surface area contributed by atoms with Gasteiger partial charge < -0.3 is 10.4 Å². The van der Waals surface area contributed by atoms with Crippen molar-refractivity contribution in [3.8, 4) is 0 Å². The van der Waals surface area contributed by atoms with E-state index in [4.69, 9.17) is 0 Å². The molecule has 1 aromatic carbocycles. The van der Waals surface area contributed by atoms with E-state index >= 15 is 0 Å². The van der Waals surface area contributed by atoms with E-state index in [9.17, 15) is 18.7 Å². The Morgan fingerprint density at radius 2 is 2.24 bits per heavy atom. The third-order valence-electron chi connectivity index (χ3n) is 4.28. The first kappa shape index (κ1) is 17.5. The van der Waals surface area contributed by atoms with Crippen molar-refractivity contribution in [1.29, 1.82) is 0 Å². The topological polar surface area (TPSA) is 62.2 Å². The minimum atomic E-state index is -2.63. The molecule has 1 aliphatic rings. The van der Waals surface area contributed by atoms with Crippen LogP contribution < -0.4 is 5.32 Å². The number of nitrogens with one attached hydrogen (secondary N) is 1. The predicted octanol–water partition coefficient (Wildman–Crippen LogP) is 3.55. The van der Waals surface area contributed by atoms with Gasteiger partial charge in [0.1, 0.15) is 0 Å². The van der Waals surface area contributed by atoms with Gasteiger partial charge in [-0.2, -0.15) is 0 Å². The number of benzene rings is 1. The summed E-state index contributed by atoms with van der Waals surface area (Å²) in [5.41, 5.74) is 2.81. The molecule has 1 amide bonds. The molecule has 0 unspecified atom stereocenters. The van der Waals surface area contributed by atoms with Crippen LogP contribution in [-0.2, 0) is 0 Å². The Hall–Kier alpha value is -2.34. The van der Waals surface area contributed by atoms with E-state index in [1.54, 1.807) is 19.1 Å². The van der Waals surface area contributed by atoms with Gasteiger partial charge >= 0.3 is 0 Å². The summed E-state index contributed by atoms with van der Waals surface area (Å²) < 4.78 is 26.7. The number of fused-ring (bicyclic) bond motifs is 1. The fourth-order valence-corrected chi connectivity index (χ4v) is 2.93. The van der Waals surface area contributed by atoms with Gasteiger partial charge in [-0.3, -0.25) is 9.78 Å². The average Bonchev–Trinajstić information content (AvgIpc) is 2.58. The Bertz CT molecular complexity index is 831. The molecular formula is C19H20F2N2O2.